The van der Waals surface area contributed by atoms with Gasteiger partial charge in [0.25, 0.3) is 5.91 Å². The van der Waals surface area contributed by atoms with Crippen molar-refractivity contribution >= 4 is 28.3 Å². The number of para-hydroxylation sites is 1. The van der Waals surface area contributed by atoms with Crippen molar-refractivity contribution in [2.45, 2.75) is 12.8 Å². The van der Waals surface area contributed by atoms with Crippen LogP contribution in [0.25, 0.3) is 0 Å². The van der Waals surface area contributed by atoms with Crippen LogP contribution in [0.4, 0.5) is 5.13 Å². The van der Waals surface area contributed by atoms with E-state index in [1.54, 1.807) is 30.3 Å². The predicted octanol–water partition coefficient (Wildman–Crippen LogP) is 2.64. The lowest BCUT2D eigenvalue weighted by Gasteiger charge is -2.32. The highest BCUT2D eigenvalue weighted by Gasteiger charge is 2.30. The smallest absolute Gasteiger partial charge is 0.257 e. The molecule has 1 aliphatic heterocycles. The van der Waals surface area contributed by atoms with Crippen molar-refractivity contribution in [1.82, 2.24) is 9.88 Å². The summed E-state index contributed by atoms with van der Waals surface area (Å²) in [5.74, 6) is 0.153. The zero-order valence-electron chi connectivity index (χ0n) is 13.4. The van der Waals surface area contributed by atoms with Gasteiger partial charge >= 0.3 is 0 Å². The maximum Gasteiger partial charge on any atom is 0.257 e. The van der Waals surface area contributed by atoms with Crippen LogP contribution in [-0.4, -0.2) is 41.9 Å². The third kappa shape index (κ3) is 3.56. The number of anilines is 1. The fraction of sp³-hybridized carbons (Fsp3) is 0.353. The molecule has 1 aromatic carbocycles. The number of nitrogens with one attached hydrogen (secondary N) is 1. The van der Waals surface area contributed by atoms with Gasteiger partial charge in [0.05, 0.1) is 18.6 Å². The van der Waals surface area contributed by atoms with Crippen molar-refractivity contribution in [2.24, 2.45) is 5.92 Å². The second-order valence-electron chi connectivity index (χ2n) is 5.62. The number of piperidine rings is 1. The normalized spacial score (nSPS) is 17.4. The molecule has 0 bridgehead atoms. The molecule has 2 amide bonds. The molecule has 1 saturated heterocycles. The minimum Gasteiger partial charge on any atom is -0.496 e. The number of methoxy groups -OCH3 is 1. The molecule has 1 atom stereocenters. The van der Waals surface area contributed by atoms with Crippen LogP contribution in [0.15, 0.2) is 35.8 Å². The highest BCUT2D eigenvalue weighted by molar-refractivity contribution is 7.13. The zero-order chi connectivity index (χ0) is 16.9. The van der Waals surface area contributed by atoms with Crippen molar-refractivity contribution in [3.05, 3.63) is 41.4 Å². The molecule has 2 heterocycles. The molecule has 1 aromatic heterocycles. The van der Waals surface area contributed by atoms with Crippen molar-refractivity contribution in [1.29, 1.82) is 0 Å². The number of rotatable bonds is 4. The maximum absolute atomic E-state index is 12.8. The summed E-state index contributed by atoms with van der Waals surface area (Å²) in [7, 11) is 1.55. The molecule has 0 aliphatic carbocycles. The molecule has 24 heavy (non-hydrogen) atoms. The molecule has 1 fully saturated rings. The summed E-state index contributed by atoms with van der Waals surface area (Å²) in [6.45, 7) is 1.06. The highest BCUT2D eigenvalue weighted by atomic mass is 32.1. The molecule has 2 aromatic rings. The van der Waals surface area contributed by atoms with Crippen LogP contribution >= 0.6 is 11.3 Å². The van der Waals surface area contributed by atoms with E-state index < -0.39 is 0 Å². The first-order valence-corrected chi connectivity index (χ1v) is 8.69. The standard InChI is InChI=1S/C17H19N3O3S/c1-23-14-7-3-2-6-13(14)16(22)20-9-4-5-12(11-20)15(21)19-17-18-8-10-24-17/h2-3,6-8,10,12H,4-5,9,11H2,1H3,(H,18,19,21)/t12-/m0/s1. The number of hydrogen-bond donors (Lipinski definition) is 1. The number of benzene rings is 1. The van der Waals surface area contributed by atoms with Gasteiger partial charge in [-0.1, -0.05) is 12.1 Å². The third-order valence-corrected chi connectivity index (χ3v) is 4.77. The van der Waals surface area contributed by atoms with Gasteiger partial charge < -0.3 is 15.0 Å². The molecule has 6 nitrogen and oxygen atoms in total. The number of likely N-dealkylation sites (tertiary alicyclic amines) is 1. The topological polar surface area (TPSA) is 71.5 Å². The van der Waals surface area contributed by atoms with Gasteiger partial charge in [-0.05, 0) is 25.0 Å². The Bertz CT molecular complexity index is 718. The number of carbonyl (C=O) groups excluding carboxylic acids is 2. The van der Waals surface area contributed by atoms with Crippen LogP contribution in [-0.2, 0) is 4.79 Å². The Balaban J connectivity index is 1.68. The Kier molecular flexibility index (Phi) is 5.10. The molecule has 0 unspecified atom stereocenters. The van der Waals surface area contributed by atoms with Gasteiger partial charge in [-0.3, -0.25) is 9.59 Å². The lowest BCUT2D eigenvalue weighted by molar-refractivity contribution is -0.121. The number of ether oxygens (including phenoxy) is 1. The quantitative estimate of drug-likeness (QED) is 0.925. The van der Waals surface area contributed by atoms with Crippen LogP contribution in [0.3, 0.4) is 0 Å². The number of aromatic nitrogens is 1. The summed E-state index contributed by atoms with van der Waals surface area (Å²) in [6, 6.07) is 7.16. The Morgan fingerprint density at radius 3 is 2.96 bits per heavy atom. The van der Waals surface area contributed by atoms with Gasteiger partial charge in [-0.15, -0.1) is 11.3 Å². The molecule has 0 spiro atoms. The van der Waals surface area contributed by atoms with Gasteiger partial charge in [-0.2, -0.15) is 0 Å². The number of thiazole rings is 1. The zero-order valence-corrected chi connectivity index (χ0v) is 14.2. The minimum absolute atomic E-state index is 0.0810. The van der Waals surface area contributed by atoms with E-state index in [0.29, 0.717) is 29.5 Å². The summed E-state index contributed by atoms with van der Waals surface area (Å²) in [6.07, 6.45) is 3.22. The van der Waals surface area contributed by atoms with Crippen molar-refractivity contribution < 1.29 is 14.3 Å². The fourth-order valence-electron chi connectivity index (χ4n) is 2.86. The average Bonchev–Trinajstić information content (AvgIpc) is 3.14. The number of carbonyl (C=O) groups is 2. The first-order chi connectivity index (χ1) is 11.7. The molecular weight excluding hydrogens is 326 g/mol. The lowest BCUT2D eigenvalue weighted by Crippen LogP contribution is -2.43. The summed E-state index contributed by atoms with van der Waals surface area (Å²) < 4.78 is 5.27. The third-order valence-electron chi connectivity index (χ3n) is 4.08. The molecule has 3 rings (SSSR count). The largest absolute Gasteiger partial charge is 0.496 e. The summed E-state index contributed by atoms with van der Waals surface area (Å²) >= 11 is 1.38. The Morgan fingerprint density at radius 2 is 2.21 bits per heavy atom. The lowest BCUT2D eigenvalue weighted by atomic mass is 9.96. The Hall–Kier alpha value is -2.41. The molecule has 126 valence electrons. The van der Waals surface area contributed by atoms with E-state index in [4.69, 9.17) is 4.74 Å². The van der Waals surface area contributed by atoms with E-state index in [-0.39, 0.29) is 17.7 Å². The van der Waals surface area contributed by atoms with E-state index in [1.807, 2.05) is 17.5 Å². The van der Waals surface area contributed by atoms with Gasteiger partial charge in [0.15, 0.2) is 5.13 Å². The average molecular weight is 345 g/mol. The molecule has 7 heteroatoms. The highest BCUT2D eigenvalue weighted by Crippen LogP contribution is 2.24. The van der Waals surface area contributed by atoms with Crippen molar-refractivity contribution in [3.8, 4) is 5.75 Å². The van der Waals surface area contributed by atoms with Gasteiger partial charge in [0.1, 0.15) is 5.75 Å². The number of amides is 2. The second kappa shape index (κ2) is 7.44. The van der Waals surface area contributed by atoms with E-state index in [1.165, 1.54) is 11.3 Å². The first-order valence-electron chi connectivity index (χ1n) is 7.81. The van der Waals surface area contributed by atoms with Crippen LogP contribution in [0.5, 0.6) is 5.75 Å². The molecular formula is C17H19N3O3S. The summed E-state index contributed by atoms with van der Waals surface area (Å²) in [4.78, 5) is 30.9. The van der Waals surface area contributed by atoms with E-state index in [0.717, 1.165) is 12.8 Å². The van der Waals surface area contributed by atoms with Crippen molar-refractivity contribution in [3.63, 3.8) is 0 Å². The molecule has 1 aliphatic rings. The van der Waals surface area contributed by atoms with Crippen LogP contribution in [0.2, 0.25) is 0 Å². The van der Waals surface area contributed by atoms with Gasteiger partial charge in [0.2, 0.25) is 5.91 Å². The maximum atomic E-state index is 12.8. The van der Waals surface area contributed by atoms with E-state index in [9.17, 15) is 9.59 Å². The minimum atomic E-state index is -0.221. The second-order valence-corrected chi connectivity index (χ2v) is 6.51. The van der Waals surface area contributed by atoms with E-state index in [2.05, 4.69) is 10.3 Å². The Labute approximate surface area is 144 Å². The van der Waals surface area contributed by atoms with Gasteiger partial charge in [-0.25, -0.2) is 4.98 Å². The first kappa shape index (κ1) is 16.4. The fourth-order valence-corrected chi connectivity index (χ4v) is 3.39. The molecule has 0 radical (unpaired) electrons. The monoisotopic (exact) mass is 345 g/mol. The van der Waals surface area contributed by atoms with Crippen molar-refractivity contribution in [2.75, 3.05) is 25.5 Å². The number of hydrogen-bond acceptors (Lipinski definition) is 5. The number of nitrogens with zero attached hydrogens (tertiary/aromatic N) is 2. The summed E-state index contributed by atoms with van der Waals surface area (Å²) in [5.41, 5.74) is 0.529. The van der Waals surface area contributed by atoms with E-state index >= 15 is 0 Å². The van der Waals surface area contributed by atoms with Crippen LogP contribution < -0.4 is 10.1 Å². The Morgan fingerprint density at radius 1 is 1.38 bits per heavy atom. The van der Waals surface area contributed by atoms with Crippen LogP contribution in [0, 0.1) is 5.92 Å². The van der Waals surface area contributed by atoms with Gasteiger partial charge in [0, 0.05) is 24.7 Å². The summed E-state index contributed by atoms with van der Waals surface area (Å²) in [5, 5.41) is 5.22. The molecule has 0 saturated carbocycles. The molecule has 1 N–H and O–H groups in total. The SMILES string of the molecule is COc1ccccc1C(=O)N1CCC[C@H](C(=O)Nc2nccs2)C1. The van der Waals surface area contributed by atoms with Crippen LogP contribution in [0.1, 0.15) is 23.2 Å². The predicted molar refractivity (Wildman–Crippen MR) is 92.4 cm³/mol.